The van der Waals surface area contributed by atoms with Crippen molar-refractivity contribution in [1.82, 2.24) is 4.98 Å². The second-order valence-electron chi connectivity index (χ2n) is 9.44. The van der Waals surface area contributed by atoms with Gasteiger partial charge in [-0.1, -0.05) is 48.2 Å². The molecule has 148 valence electrons. The van der Waals surface area contributed by atoms with Crippen molar-refractivity contribution in [3.8, 4) is 0 Å². The molecule has 4 aliphatic rings. The number of benzene rings is 2. The van der Waals surface area contributed by atoms with Crippen molar-refractivity contribution in [2.24, 2.45) is 17.8 Å². The molecule has 4 heteroatoms. The van der Waals surface area contributed by atoms with E-state index >= 15 is 0 Å². The number of hydrogen-bond acceptors (Lipinski definition) is 4. The van der Waals surface area contributed by atoms with Gasteiger partial charge in [0.2, 0.25) is 0 Å². The lowest BCUT2D eigenvalue weighted by atomic mass is 9.48. The van der Waals surface area contributed by atoms with Crippen LogP contribution in [0.2, 0.25) is 0 Å². The van der Waals surface area contributed by atoms with Crippen LogP contribution < -0.4 is 0 Å². The van der Waals surface area contributed by atoms with Crippen LogP contribution in [0.1, 0.15) is 54.4 Å². The van der Waals surface area contributed by atoms with Gasteiger partial charge < -0.3 is 4.42 Å². The minimum absolute atomic E-state index is 0.104. The Labute approximate surface area is 175 Å². The van der Waals surface area contributed by atoms with Gasteiger partial charge in [0.05, 0.1) is 5.75 Å². The zero-order chi connectivity index (χ0) is 19.4. The summed E-state index contributed by atoms with van der Waals surface area (Å²) < 4.78 is 5.93. The van der Waals surface area contributed by atoms with E-state index < -0.39 is 0 Å². The van der Waals surface area contributed by atoms with Crippen LogP contribution in [-0.2, 0) is 5.41 Å². The van der Waals surface area contributed by atoms with Crippen LogP contribution in [0.25, 0.3) is 11.1 Å². The second-order valence-corrected chi connectivity index (χ2v) is 10.4. The van der Waals surface area contributed by atoms with Crippen molar-refractivity contribution in [3.05, 3.63) is 59.7 Å². The molecule has 0 spiro atoms. The van der Waals surface area contributed by atoms with Crippen LogP contribution in [0, 0.1) is 17.8 Å². The molecule has 2 aromatic carbocycles. The molecule has 4 saturated carbocycles. The third-order valence-corrected chi connectivity index (χ3v) is 8.27. The zero-order valence-corrected chi connectivity index (χ0v) is 17.3. The van der Waals surface area contributed by atoms with E-state index in [1.165, 1.54) is 55.9 Å². The highest BCUT2D eigenvalue weighted by Gasteiger charge is 2.51. The Hall–Kier alpha value is -2.07. The molecule has 4 fully saturated rings. The number of ketones is 1. The maximum absolute atomic E-state index is 12.4. The molecule has 29 heavy (non-hydrogen) atoms. The van der Waals surface area contributed by atoms with E-state index in [9.17, 15) is 4.79 Å². The van der Waals surface area contributed by atoms with Gasteiger partial charge in [-0.3, -0.25) is 4.79 Å². The number of Topliss-reactive ketones (excluding diaryl/α,β-unsaturated/α-hetero) is 1. The van der Waals surface area contributed by atoms with Crippen molar-refractivity contribution in [2.75, 3.05) is 5.75 Å². The Morgan fingerprint density at radius 1 is 1.00 bits per heavy atom. The molecule has 3 aromatic rings. The van der Waals surface area contributed by atoms with Gasteiger partial charge in [0.25, 0.3) is 5.22 Å². The lowest BCUT2D eigenvalue weighted by Gasteiger charge is -2.57. The minimum Gasteiger partial charge on any atom is -0.431 e. The summed E-state index contributed by atoms with van der Waals surface area (Å²) in [6.45, 7) is 0. The Morgan fingerprint density at radius 3 is 2.38 bits per heavy atom. The molecule has 1 aromatic heterocycles. The fourth-order valence-corrected chi connectivity index (χ4v) is 7.33. The van der Waals surface area contributed by atoms with Gasteiger partial charge in [-0.25, -0.2) is 4.98 Å². The molecule has 0 radical (unpaired) electrons. The number of hydrogen-bond donors (Lipinski definition) is 0. The highest BCUT2D eigenvalue weighted by molar-refractivity contribution is 7.99. The third kappa shape index (κ3) is 3.13. The zero-order valence-electron chi connectivity index (χ0n) is 16.5. The van der Waals surface area contributed by atoms with E-state index in [1.807, 2.05) is 30.3 Å². The van der Waals surface area contributed by atoms with Gasteiger partial charge in [0.1, 0.15) is 5.52 Å². The Bertz CT molecular complexity index is 1040. The number of rotatable bonds is 5. The SMILES string of the molecule is O=C(CSc1nc2cc(C34CC5CC(CC(C5)C3)C4)ccc2o1)c1ccccc1. The first kappa shape index (κ1) is 17.8. The first-order valence-corrected chi connectivity index (χ1v) is 11.8. The van der Waals surface area contributed by atoms with E-state index in [4.69, 9.17) is 9.40 Å². The van der Waals surface area contributed by atoms with E-state index in [0.717, 1.165) is 34.4 Å². The van der Waals surface area contributed by atoms with Crippen LogP contribution in [0.3, 0.4) is 0 Å². The number of fused-ring (bicyclic) bond motifs is 1. The minimum atomic E-state index is 0.104. The average Bonchev–Trinajstić information content (AvgIpc) is 3.14. The summed E-state index contributed by atoms with van der Waals surface area (Å²) in [7, 11) is 0. The molecule has 0 aliphatic heterocycles. The molecular formula is C25H25NO2S. The standard InChI is InChI=1S/C25H25NO2S/c27-22(19-4-2-1-3-5-19)15-29-24-26-21-11-20(6-7-23(21)28-24)25-12-16-8-17(13-25)10-18(9-16)14-25/h1-7,11,16-18H,8-10,12-15H2. The highest BCUT2D eigenvalue weighted by Crippen LogP contribution is 2.60. The molecular weight excluding hydrogens is 378 g/mol. The maximum atomic E-state index is 12.4. The smallest absolute Gasteiger partial charge is 0.257 e. The summed E-state index contributed by atoms with van der Waals surface area (Å²) >= 11 is 1.39. The summed E-state index contributed by atoms with van der Waals surface area (Å²) in [5, 5.41) is 0.590. The van der Waals surface area contributed by atoms with E-state index in [0.29, 0.717) is 16.4 Å². The first-order chi connectivity index (χ1) is 14.2. The van der Waals surface area contributed by atoms with Crippen LogP contribution in [-0.4, -0.2) is 16.5 Å². The van der Waals surface area contributed by atoms with Crippen molar-refractivity contribution in [2.45, 2.75) is 49.2 Å². The fourth-order valence-electron chi connectivity index (χ4n) is 6.60. The molecule has 7 rings (SSSR count). The molecule has 0 saturated heterocycles. The van der Waals surface area contributed by atoms with Crippen molar-refractivity contribution in [1.29, 1.82) is 0 Å². The normalized spacial score (nSPS) is 30.1. The van der Waals surface area contributed by atoms with Crippen molar-refractivity contribution in [3.63, 3.8) is 0 Å². The summed E-state index contributed by atoms with van der Waals surface area (Å²) in [5.41, 5.74) is 4.34. The topological polar surface area (TPSA) is 43.1 Å². The largest absolute Gasteiger partial charge is 0.431 e. The molecule has 4 bridgehead atoms. The van der Waals surface area contributed by atoms with Crippen LogP contribution in [0.5, 0.6) is 0 Å². The molecule has 0 amide bonds. The molecule has 0 atom stereocenters. The summed E-state index contributed by atoms with van der Waals surface area (Å²) in [5.74, 6) is 3.25. The monoisotopic (exact) mass is 403 g/mol. The van der Waals surface area contributed by atoms with Gasteiger partial charge in [0, 0.05) is 5.56 Å². The Kier molecular flexibility index (Phi) is 4.12. The molecule has 0 N–H and O–H groups in total. The summed E-state index contributed by atoms with van der Waals surface area (Å²) in [4.78, 5) is 17.1. The number of aromatic nitrogens is 1. The van der Waals surface area contributed by atoms with Crippen molar-refractivity contribution >= 4 is 28.6 Å². The van der Waals surface area contributed by atoms with Gasteiger partial charge in [0.15, 0.2) is 11.4 Å². The van der Waals surface area contributed by atoms with Gasteiger partial charge >= 0.3 is 0 Å². The number of carbonyl (C=O) groups excluding carboxylic acids is 1. The fraction of sp³-hybridized carbons (Fsp3) is 0.440. The number of carbonyl (C=O) groups is 1. The lowest BCUT2D eigenvalue weighted by Crippen LogP contribution is -2.48. The molecule has 0 unspecified atom stereocenters. The molecule has 3 nitrogen and oxygen atoms in total. The Morgan fingerprint density at radius 2 is 1.69 bits per heavy atom. The van der Waals surface area contributed by atoms with Gasteiger partial charge in [-0.15, -0.1) is 0 Å². The molecule has 4 aliphatic carbocycles. The van der Waals surface area contributed by atoms with E-state index in [1.54, 1.807) is 0 Å². The number of nitrogens with zero attached hydrogens (tertiary/aromatic N) is 1. The molecule has 1 heterocycles. The predicted molar refractivity (Wildman–Crippen MR) is 115 cm³/mol. The average molecular weight is 404 g/mol. The van der Waals surface area contributed by atoms with Gasteiger partial charge in [-0.2, -0.15) is 0 Å². The predicted octanol–water partition coefficient (Wildman–Crippen LogP) is 6.27. The summed E-state index contributed by atoms with van der Waals surface area (Å²) in [6, 6.07) is 16.1. The first-order valence-electron chi connectivity index (χ1n) is 10.8. The lowest BCUT2D eigenvalue weighted by molar-refractivity contribution is -0.00513. The second kappa shape index (κ2) is 6.73. The van der Waals surface area contributed by atoms with Gasteiger partial charge in [-0.05, 0) is 79.4 Å². The summed E-state index contributed by atoms with van der Waals surface area (Å²) in [6.07, 6.45) is 8.45. The van der Waals surface area contributed by atoms with Crippen LogP contribution in [0.15, 0.2) is 58.2 Å². The van der Waals surface area contributed by atoms with E-state index in [2.05, 4.69) is 18.2 Å². The quantitative estimate of drug-likeness (QED) is 0.372. The van der Waals surface area contributed by atoms with E-state index in [-0.39, 0.29) is 5.78 Å². The Balaban J connectivity index is 1.23. The third-order valence-electron chi connectivity index (χ3n) is 7.44. The van der Waals surface area contributed by atoms with Crippen LogP contribution >= 0.6 is 11.8 Å². The number of thioether (sulfide) groups is 1. The van der Waals surface area contributed by atoms with Crippen molar-refractivity contribution < 1.29 is 9.21 Å². The maximum Gasteiger partial charge on any atom is 0.257 e. The highest BCUT2D eigenvalue weighted by atomic mass is 32.2. The van der Waals surface area contributed by atoms with Crippen LogP contribution in [0.4, 0.5) is 0 Å². The number of oxazole rings is 1.